The lowest BCUT2D eigenvalue weighted by atomic mass is 9.85. The highest BCUT2D eigenvalue weighted by Crippen LogP contribution is 2.30. The number of hydrogen-bond acceptors (Lipinski definition) is 3. The quantitative estimate of drug-likeness (QED) is 0.870. The lowest BCUT2D eigenvalue weighted by molar-refractivity contribution is -0.116. The van der Waals surface area contributed by atoms with E-state index in [9.17, 15) is 4.79 Å². The van der Waals surface area contributed by atoms with Crippen molar-refractivity contribution in [1.29, 1.82) is 0 Å². The van der Waals surface area contributed by atoms with Gasteiger partial charge in [-0.25, -0.2) is 0 Å². The van der Waals surface area contributed by atoms with Gasteiger partial charge in [-0.05, 0) is 55.4 Å². The van der Waals surface area contributed by atoms with E-state index in [0.717, 1.165) is 36.3 Å². The van der Waals surface area contributed by atoms with Crippen LogP contribution in [0.1, 0.15) is 38.2 Å². The summed E-state index contributed by atoms with van der Waals surface area (Å²) >= 11 is 0. The third kappa shape index (κ3) is 2.80. The van der Waals surface area contributed by atoms with Gasteiger partial charge in [0.2, 0.25) is 5.91 Å². The normalized spacial score (nSPS) is 29.5. The van der Waals surface area contributed by atoms with Crippen molar-refractivity contribution in [2.24, 2.45) is 11.7 Å². The van der Waals surface area contributed by atoms with Crippen LogP contribution in [0.25, 0.3) is 0 Å². The number of carbonyl (C=O) groups is 1. The Labute approximate surface area is 119 Å². The third-order valence-corrected chi connectivity index (χ3v) is 4.36. The van der Waals surface area contributed by atoms with Crippen LogP contribution in [0.5, 0.6) is 5.75 Å². The van der Waals surface area contributed by atoms with Gasteiger partial charge in [-0.15, -0.1) is 0 Å². The number of fused-ring (bicyclic) bond motifs is 1. The van der Waals surface area contributed by atoms with E-state index >= 15 is 0 Å². The molecule has 2 aliphatic rings. The van der Waals surface area contributed by atoms with E-state index in [2.05, 4.69) is 12.2 Å². The highest BCUT2D eigenvalue weighted by Gasteiger charge is 2.27. The number of anilines is 1. The highest BCUT2D eigenvalue weighted by atomic mass is 16.5. The second kappa shape index (κ2) is 5.44. The number of nitrogens with two attached hydrogens (primary N) is 1. The molecule has 20 heavy (non-hydrogen) atoms. The van der Waals surface area contributed by atoms with E-state index in [1.807, 2.05) is 18.2 Å². The fourth-order valence-electron chi connectivity index (χ4n) is 3.10. The smallest absolute Gasteiger partial charge is 0.224 e. The first-order valence-electron chi connectivity index (χ1n) is 7.47. The summed E-state index contributed by atoms with van der Waals surface area (Å²) in [5.74, 6) is 1.64. The van der Waals surface area contributed by atoms with Crippen molar-refractivity contribution in [3.8, 4) is 5.75 Å². The standard InChI is InChI=1S/C16H22N2O2/c1-10-2-5-13(17)15(8-10)20-12-4-6-14-11(9-12)3-7-16(19)18-14/h4,6,9-10,13,15H,2-3,5,7-8,17H2,1H3,(H,18,19). The summed E-state index contributed by atoms with van der Waals surface area (Å²) in [5.41, 5.74) is 8.23. The molecule has 4 heteroatoms. The topological polar surface area (TPSA) is 64.3 Å². The Bertz CT molecular complexity index is 515. The van der Waals surface area contributed by atoms with E-state index in [1.54, 1.807) is 0 Å². The number of amides is 1. The number of carbonyl (C=O) groups excluding carboxylic acids is 1. The molecule has 1 aliphatic carbocycles. The lowest BCUT2D eigenvalue weighted by Crippen LogP contribution is -2.43. The second-order valence-corrected chi connectivity index (χ2v) is 6.11. The maximum Gasteiger partial charge on any atom is 0.224 e. The van der Waals surface area contributed by atoms with Crippen molar-refractivity contribution in [1.82, 2.24) is 0 Å². The van der Waals surface area contributed by atoms with Crippen molar-refractivity contribution in [3.05, 3.63) is 23.8 Å². The highest BCUT2D eigenvalue weighted by molar-refractivity contribution is 5.93. The first-order valence-corrected chi connectivity index (χ1v) is 7.47. The summed E-state index contributed by atoms with van der Waals surface area (Å²) in [5, 5.41) is 2.89. The molecule has 1 saturated carbocycles. The zero-order valence-electron chi connectivity index (χ0n) is 11.9. The van der Waals surface area contributed by atoms with Crippen LogP contribution in [0.2, 0.25) is 0 Å². The minimum Gasteiger partial charge on any atom is -0.489 e. The van der Waals surface area contributed by atoms with Gasteiger partial charge >= 0.3 is 0 Å². The van der Waals surface area contributed by atoms with Gasteiger partial charge in [-0.1, -0.05) is 6.92 Å². The molecule has 0 bridgehead atoms. The van der Waals surface area contributed by atoms with Crippen LogP contribution in [0.4, 0.5) is 5.69 Å². The van der Waals surface area contributed by atoms with Crippen LogP contribution in [-0.2, 0) is 11.2 Å². The Morgan fingerprint density at radius 2 is 2.15 bits per heavy atom. The van der Waals surface area contributed by atoms with Crippen molar-refractivity contribution in [3.63, 3.8) is 0 Å². The molecule has 3 N–H and O–H groups in total. The summed E-state index contributed by atoms with van der Waals surface area (Å²) in [4.78, 5) is 11.3. The molecule has 1 aliphatic heterocycles. The first-order chi connectivity index (χ1) is 9.61. The van der Waals surface area contributed by atoms with E-state index in [0.29, 0.717) is 12.3 Å². The lowest BCUT2D eigenvalue weighted by Gasteiger charge is -2.33. The number of ether oxygens (including phenoxy) is 1. The second-order valence-electron chi connectivity index (χ2n) is 6.11. The van der Waals surface area contributed by atoms with Crippen molar-refractivity contribution in [2.75, 3.05) is 5.32 Å². The number of aryl methyl sites for hydroxylation is 1. The predicted molar refractivity (Wildman–Crippen MR) is 78.8 cm³/mol. The zero-order chi connectivity index (χ0) is 14.1. The summed E-state index contributed by atoms with van der Waals surface area (Å²) < 4.78 is 6.09. The fraction of sp³-hybridized carbons (Fsp3) is 0.562. The Balaban J connectivity index is 1.73. The molecule has 0 aromatic heterocycles. The molecule has 3 atom stereocenters. The SMILES string of the molecule is CC1CCC(N)C(Oc2ccc3c(c2)CCC(=O)N3)C1. The molecule has 1 heterocycles. The zero-order valence-corrected chi connectivity index (χ0v) is 11.9. The van der Waals surface area contributed by atoms with Gasteiger partial charge in [0.1, 0.15) is 11.9 Å². The molecule has 1 fully saturated rings. The third-order valence-electron chi connectivity index (χ3n) is 4.36. The van der Waals surface area contributed by atoms with Gasteiger partial charge in [0.15, 0.2) is 0 Å². The molecule has 0 spiro atoms. The van der Waals surface area contributed by atoms with Crippen LogP contribution in [0.15, 0.2) is 18.2 Å². The molecule has 4 nitrogen and oxygen atoms in total. The monoisotopic (exact) mass is 274 g/mol. The molecule has 108 valence electrons. The summed E-state index contributed by atoms with van der Waals surface area (Å²) in [7, 11) is 0. The minimum atomic E-state index is 0.0919. The molecular weight excluding hydrogens is 252 g/mol. The molecule has 1 aromatic carbocycles. The number of rotatable bonds is 2. The first kappa shape index (κ1) is 13.4. The molecule has 3 unspecified atom stereocenters. The summed E-state index contributed by atoms with van der Waals surface area (Å²) in [6, 6.07) is 6.03. The number of nitrogens with one attached hydrogen (secondary N) is 1. The van der Waals surface area contributed by atoms with Gasteiger partial charge < -0.3 is 15.8 Å². The van der Waals surface area contributed by atoms with Crippen LogP contribution >= 0.6 is 0 Å². The molecule has 3 rings (SSSR count). The maximum atomic E-state index is 11.3. The van der Waals surface area contributed by atoms with Gasteiger partial charge in [-0.2, -0.15) is 0 Å². The minimum absolute atomic E-state index is 0.0919. The predicted octanol–water partition coefficient (Wildman–Crippen LogP) is 2.47. The summed E-state index contributed by atoms with van der Waals surface area (Å²) in [6.45, 7) is 2.25. The average Bonchev–Trinajstić information content (AvgIpc) is 2.43. The van der Waals surface area contributed by atoms with Gasteiger partial charge in [0, 0.05) is 18.2 Å². The van der Waals surface area contributed by atoms with Gasteiger partial charge in [-0.3, -0.25) is 4.79 Å². The Kier molecular flexibility index (Phi) is 3.66. The average molecular weight is 274 g/mol. The number of hydrogen-bond donors (Lipinski definition) is 2. The van der Waals surface area contributed by atoms with E-state index in [4.69, 9.17) is 10.5 Å². The van der Waals surface area contributed by atoms with E-state index in [1.165, 1.54) is 6.42 Å². The molecule has 1 amide bonds. The Morgan fingerprint density at radius 1 is 1.30 bits per heavy atom. The van der Waals surface area contributed by atoms with Gasteiger partial charge in [0.05, 0.1) is 0 Å². The molecule has 0 radical (unpaired) electrons. The fourth-order valence-corrected chi connectivity index (χ4v) is 3.10. The summed E-state index contributed by atoms with van der Waals surface area (Å²) in [6.07, 6.45) is 4.69. The Morgan fingerprint density at radius 3 is 3.00 bits per heavy atom. The maximum absolute atomic E-state index is 11.3. The van der Waals surface area contributed by atoms with E-state index in [-0.39, 0.29) is 18.1 Å². The van der Waals surface area contributed by atoms with Gasteiger partial charge in [0.25, 0.3) is 0 Å². The Hall–Kier alpha value is -1.55. The van der Waals surface area contributed by atoms with Crippen LogP contribution in [0, 0.1) is 5.92 Å². The van der Waals surface area contributed by atoms with Crippen molar-refractivity contribution in [2.45, 2.75) is 51.2 Å². The van der Waals surface area contributed by atoms with Crippen LogP contribution < -0.4 is 15.8 Å². The largest absolute Gasteiger partial charge is 0.489 e. The van der Waals surface area contributed by atoms with E-state index < -0.39 is 0 Å². The number of benzene rings is 1. The molecule has 0 saturated heterocycles. The van der Waals surface area contributed by atoms with Crippen molar-refractivity contribution < 1.29 is 9.53 Å². The molecular formula is C16H22N2O2. The molecule has 1 aromatic rings. The van der Waals surface area contributed by atoms with Crippen LogP contribution in [0.3, 0.4) is 0 Å². The van der Waals surface area contributed by atoms with Crippen molar-refractivity contribution >= 4 is 11.6 Å². The van der Waals surface area contributed by atoms with Crippen LogP contribution in [-0.4, -0.2) is 18.1 Å².